The monoisotopic (exact) mass is 507 g/mol. The van der Waals surface area contributed by atoms with Gasteiger partial charge in [-0.15, -0.1) is 0 Å². The first-order valence-corrected chi connectivity index (χ1v) is 13.2. The van der Waals surface area contributed by atoms with E-state index in [4.69, 9.17) is 20.8 Å². The number of rotatable bonds is 6. The van der Waals surface area contributed by atoms with E-state index in [0.717, 1.165) is 68.2 Å². The lowest BCUT2D eigenvalue weighted by Crippen LogP contribution is -2.48. The van der Waals surface area contributed by atoms with Gasteiger partial charge in [0.05, 0.1) is 5.02 Å². The van der Waals surface area contributed by atoms with Crippen LogP contribution in [0.15, 0.2) is 52.9 Å². The molecule has 0 bridgehead atoms. The molecule has 36 heavy (non-hydrogen) atoms. The van der Waals surface area contributed by atoms with Gasteiger partial charge in [0.1, 0.15) is 17.6 Å². The smallest absolute Gasteiger partial charge is 0.289 e. The molecule has 2 aliphatic heterocycles. The first-order chi connectivity index (χ1) is 17.4. The maximum Gasteiger partial charge on any atom is 0.289 e. The third kappa shape index (κ3) is 5.94. The fraction of sp³-hybridized carbons (Fsp3) is 0.414. The van der Waals surface area contributed by atoms with Crippen LogP contribution in [0.1, 0.15) is 40.1 Å². The minimum Gasteiger partial charge on any atom is -0.489 e. The summed E-state index contributed by atoms with van der Waals surface area (Å²) in [7, 11) is 0. The second-order valence-corrected chi connectivity index (χ2v) is 10.3. The van der Waals surface area contributed by atoms with E-state index in [9.17, 15) is 4.79 Å². The van der Waals surface area contributed by atoms with Crippen molar-refractivity contribution < 1.29 is 13.9 Å². The maximum absolute atomic E-state index is 13.1. The number of nitrogens with one attached hydrogen (secondary N) is 1. The highest BCUT2D eigenvalue weighted by Crippen LogP contribution is 2.29. The molecule has 0 radical (unpaired) electrons. The van der Waals surface area contributed by atoms with Crippen LogP contribution in [-0.4, -0.2) is 61.1 Å². The van der Waals surface area contributed by atoms with Gasteiger partial charge in [-0.05, 0) is 81.7 Å². The first-order valence-electron chi connectivity index (χ1n) is 12.8. The van der Waals surface area contributed by atoms with Crippen LogP contribution in [0.4, 0.5) is 0 Å². The number of carbonyl (C=O) groups is 1. The van der Waals surface area contributed by atoms with Crippen molar-refractivity contribution in [3.63, 3.8) is 0 Å². The van der Waals surface area contributed by atoms with Crippen LogP contribution in [0.25, 0.3) is 11.3 Å². The van der Waals surface area contributed by atoms with Gasteiger partial charge in [-0.3, -0.25) is 9.69 Å². The molecule has 6 nitrogen and oxygen atoms in total. The Balaban J connectivity index is 1.14. The number of aryl methyl sites for hydroxylation is 2. The molecular weight excluding hydrogens is 474 g/mol. The van der Waals surface area contributed by atoms with Crippen molar-refractivity contribution in [3.05, 3.63) is 76.0 Å². The third-order valence-corrected chi connectivity index (χ3v) is 7.26. The van der Waals surface area contributed by atoms with Crippen LogP contribution in [-0.2, 0) is 6.54 Å². The molecule has 1 N–H and O–H groups in total. The number of hydrogen-bond donors (Lipinski definition) is 1. The average Bonchev–Trinajstić information content (AvgIpc) is 3.36. The van der Waals surface area contributed by atoms with E-state index in [0.29, 0.717) is 23.9 Å². The quantitative estimate of drug-likeness (QED) is 0.490. The molecule has 1 amide bonds. The Morgan fingerprint density at radius 3 is 2.42 bits per heavy atom. The number of piperazine rings is 1. The molecule has 0 saturated carbocycles. The summed E-state index contributed by atoms with van der Waals surface area (Å²) in [6.07, 6.45) is 2.24. The third-order valence-electron chi connectivity index (χ3n) is 6.96. The molecule has 3 aromatic rings. The lowest BCUT2D eigenvalue weighted by Gasteiger charge is -2.34. The number of amides is 1. The van der Waals surface area contributed by atoms with Gasteiger partial charge in [0.15, 0.2) is 5.76 Å². The molecule has 0 atom stereocenters. The van der Waals surface area contributed by atoms with E-state index in [2.05, 4.69) is 48.3 Å². The molecule has 2 aliphatic rings. The summed E-state index contributed by atoms with van der Waals surface area (Å²) >= 11 is 6.54. The van der Waals surface area contributed by atoms with Crippen molar-refractivity contribution in [3.8, 4) is 17.1 Å². The number of hydrogen-bond acceptors (Lipinski definition) is 5. The molecule has 0 aliphatic carbocycles. The second-order valence-electron chi connectivity index (χ2n) is 9.94. The fourth-order valence-electron chi connectivity index (χ4n) is 5.08. The molecule has 1 aromatic heterocycles. The highest BCUT2D eigenvalue weighted by atomic mass is 35.5. The molecule has 7 heteroatoms. The van der Waals surface area contributed by atoms with E-state index in [1.807, 2.05) is 23.1 Å². The van der Waals surface area contributed by atoms with Crippen molar-refractivity contribution >= 4 is 17.5 Å². The van der Waals surface area contributed by atoms with Gasteiger partial charge >= 0.3 is 0 Å². The van der Waals surface area contributed by atoms with E-state index >= 15 is 0 Å². The lowest BCUT2D eigenvalue weighted by atomic mass is 10.1. The maximum atomic E-state index is 13.1. The number of halogens is 1. The average molecular weight is 508 g/mol. The molecule has 2 aromatic carbocycles. The number of furan rings is 1. The Morgan fingerprint density at radius 2 is 1.72 bits per heavy atom. The van der Waals surface area contributed by atoms with Crippen molar-refractivity contribution in [2.75, 3.05) is 39.3 Å². The minimum atomic E-state index is -0.0484. The van der Waals surface area contributed by atoms with Crippen molar-refractivity contribution in [1.82, 2.24) is 15.1 Å². The molecule has 0 unspecified atom stereocenters. The van der Waals surface area contributed by atoms with E-state index in [1.54, 1.807) is 6.07 Å². The van der Waals surface area contributed by atoms with E-state index in [1.165, 1.54) is 11.1 Å². The minimum absolute atomic E-state index is 0.0484. The van der Waals surface area contributed by atoms with Gasteiger partial charge in [-0.2, -0.15) is 0 Å². The van der Waals surface area contributed by atoms with Gasteiger partial charge in [0.25, 0.3) is 5.91 Å². The van der Waals surface area contributed by atoms with Crippen LogP contribution < -0.4 is 10.1 Å². The van der Waals surface area contributed by atoms with Crippen LogP contribution in [0.2, 0.25) is 5.02 Å². The van der Waals surface area contributed by atoms with Gasteiger partial charge in [-0.25, -0.2) is 0 Å². The first kappa shape index (κ1) is 24.9. The number of benzene rings is 2. The van der Waals surface area contributed by atoms with Crippen LogP contribution in [0, 0.1) is 13.8 Å². The van der Waals surface area contributed by atoms with Crippen molar-refractivity contribution in [2.24, 2.45) is 0 Å². The predicted molar refractivity (Wildman–Crippen MR) is 143 cm³/mol. The summed E-state index contributed by atoms with van der Waals surface area (Å²) in [5, 5.41) is 4.02. The summed E-state index contributed by atoms with van der Waals surface area (Å²) in [6, 6.07) is 16.1. The molecule has 2 fully saturated rings. The largest absolute Gasteiger partial charge is 0.489 e. The molecule has 2 saturated heterocycles. The number of piperidine rings is 1. The summed E-state index contributed by atoms with van der Waals surface area (Å²) in [4.78, 5) is 17.3. The Morgan fingerprint density at radius 1 is 1.00 bits per heavy atom. The number of nitrogens with zero attached hydrogens (tertiary/aromatic N) is 2. The zero-order valence-corrected chi connectivity index (χ0v) is 21.8. The lowest BCUT2D eigenvalue weighted by molar-refractivity contribution is 0.0598. The summed E-state index contributed by atoms with van der Waals surface area (Å²) in [5.74, 6) is 1.84. The molecule has 3 heterocycles. The van der Waals surface area contributed by atoms with E-state index < -0.39 is 0 Å². The standard InChI is InChI=1S/C29H34ClN3O3/c1-20-15-21(2)17-23(16-20)26-5-6-28(36-26)29(34)33-13-11-32(12-14-33)19-22-3-4-27(25(30)18-22)35-24-7-9-31-10-8-24/h3-6,15-18,24,31H,7-14,19H2,1-2H3. The second kappa shape index (κ2) is 11.1. The van der Waals surface area contributed by atoms with Gasteiger partial charge in [0.2, 0.25) is 0 Å². The predicted octanol–water partition coefficient (Wildman–Crippen LogP) is 5.31. The molecule has 0 spiro atoms. The summed E-state index contributed by atoms with van der Waals surface area (Å²) in [6.45, 7) is 9.86. The zero-order chi connectivity index (χ0) is 25.1. The van der Waals surface area contributed by atoms with Crippen LogP contribution in [0.3, 0.4) is 0 Å². The summed E-state index contributed by atoms with van der Waals surface area (Å²) in [5.41, 5.74) is 4.51. The van der Waals surface area contributed by atoms with Crippen LogP contribution in [0.5, 0.6) is 5.75 Å². The molecular formula is C29H34ClN3O3. The highest BCUT2D eigenvalue weighted by molar-refractivity contribution is 6.32. The fourth-order valence-corrected chi connectivity index (χ4v) is 5.33. The Kier molecular flexibility index (Phi) is 7.65. The van der Waals surface area contributed by atoms with Crippen molar-refractivity contribution in [2.45, 2.75) is 39.3 Å². The highest BCUT2D eigenvalue weighted by Gasteiger charge is 2.25. The van der Waals surface area contributed by atoms with Gasteiger partial charge < -0.3 is 19.4 Å². The van der Waals surface area contributed by atoms with Crippen molar-refractivity contribution in [1.29, 1.82) is 0 Å². The number of carbonyl (C=O) groups excluding carboxylic acids is 1. The Bertz CT molecular complexity index is 1190. The Labute approximate surface area is 218 Å². The van der Waals surface area contributed by atoms with Crippen LogP contribution >= 0.6 is 11.6 Å². The van der Waals surface area contributed by atoms with E-state index in [-0.39, 0.29) is 12.0 Å². The normalized spacial score (nSPS) is 17.4. The topological polar surface area (TPSA) is 58.0 Å². The zero-order valence-electron chi connectivity index (χ0n) is 21.1. The summed E-state index contributed by atoms with van der Waals surface area (Å²) < 4.78 is 12.1. The molecule has 5 rings (SSSR count). The molecule has 190 valence electrons. The number of ether oxygens (including phenoxy) is 1. The van der Waals surface area contributed by atoms with Gasteiger partial charge in [0, 0.05) is 38.3 Å². The SMILES string of the molecule is Cc1cc(C)cc(-c2ccc(C(=O)N3CCN(Cc4ccc(OC5CCNCC5)c(Cl)c4)CC3)o2)c1. The van der Waals surface area contributed by atoms with Gasteiger partial charge in [-0.1, -0.05) is 34.9 Å². The Hall–Kier alpha value is -2.80.